The van der Waals surface area contributed by atoms with Crippen LogP contribution >= 0.6 is 0 Å². The van der Waals surface area contributed by atoms with Gasteiger partial charge in [-0.3, -0.25) is 4.79 Å². The Kier molecular flexibility index (Phi) is 4.28. The molecule has 3 nitrogen and oxygen atoms in total. The number of hydrogen-bond donors (Lipinski definition) is 0. The number of nitrogens with zero attached hydrogens (tertiary/aromatic N) is 2. The van der Waals surface area contributed by atoms with Crippen molar-refractivity contribution in [2.24, 2.45) is 11.8 Å². The predicted octanol–water partition coefficient (Wildman–Crippen LogP) is 3.71. The van der Waals surface area contributed by atoms with Gasteiger partial charge in [0, 0.05) is 36.0 Å². The third-order valence-electron chi connectivity index (χ3n) is 6.29. The van der Waals surface area contributed by atoms with Crippen LogP contribution in [0.25, 0.3) is 0 Å². The van der Waals surface area contributed by atoms with Gasteiger partial charge in [0.05, 0.1) is 0 Å². The quantitative estimate of drug-likeness (QED) is 0.854. The second kappa shape index (κ2) is 6.45. The van der Waals surface area contributed by atoms with Crippen molar-refractivity contribution in [1.29, 1.82) is 0 Å². The zero-order chi connectivity index (χ0) is 17.6. The summed E-state index contributed by atoms with van der Waals surface area (Å²) in [6.45, 7) is 7.29. The molecule has 2 unspecified atom stereocenters. The summed E-state index contributed by atoms with van der Waals surface area (Å²) in [5.74, 6) is 1.12. The van der Waals surface area contributed by atoms with Gasteiger partial charge in [-0.1, -0.05) is 37.3 Å². The van der Waals surface area contributed by atoms with E-state index >= 15 is 0 Å². The van der Waals surface area contributed by atoms with Crippen molar-refractivity contribution in [1.82, 2.24) is 9.47 Å². The number of fused-ring (bicyclic) bond motifs is 2. The monoisotopic (exact) mass is 336 g/mol. The highest BCUT2D eigenvalue weighted by atomic mass is 16.1. The van der Waals surface area contributed by atoms with E-state index < -0.39 is 0 Å². The van der Waals surface area contributed by atoms with E-state index in [1.165, 1.54) is 22.5 Å². The fourth-order valence-corrected chi connectivity index (χ4v) is 4.91. The molecule has 2 aliphatic rings. The second-order valence-electron chi connectivity index (χ2n) is 7.80. The molecule has 2 heterocycles. The van der Waals surface area contributed by atoms with Crippen LogP contribution in [0.5, 0.6) is 0 Å². The summed E-state index contributed by atoms with van der Waals surface area (Å²) < 4.78 is 2.43. The number of rotatable bonds is 3. The van der Waals surface area contributed by atoms with E-state index in [0.717, 1.165) is 44.5 Å². The largest absolute Gasteiger partial charge is 0.343 e. The Morgan fingerprint density at radius 1 is 1.20 bits per heavy atom. The molecule has 1 aromatic carbocycles. The molecule has 0 radical (unpaired) electrons. The van der Waals surface area contributed by atoms with Gasteiger partial charge in [-0.15, -0.1) is 0 Å². The number of benzene rings is 1. The van der Waals surface area contributed by atoms with Crippen molar-refractivity contribution in [3.05, 3.63) is 58.4 Å². The molecule has 1 aliphatic heterocycles. The van der Waals surface area contributed by atoms with Crippen molar-refractivity contribution < 1.29 is 4.79 Å². The summed E-state index contributed by atoms with van der Waals surface area (Å²) in [7, 11) is 2.14. The highest BCUT2D eigenvalue weighted by molar-refractivity contribution is 6.02. The number of carbonyl (C=O) groups excluding carboxylic acids is 1. The van der Waals surface area contributed by atoms with Gasteiger partial charge in [0.25, 0.3) is 0 Å². The highest BCUT2D eigenvalue weighted by Gasteiger charge is 2.41. The third kappa shape index (κ3) is 2.75. The van der Waals surface area contributed by atoms with Crippen molar-refractivity contribution in [3.8, 4) is 0 Å². The lowest BCUT2D eigenvalue weighted by molar-refractivity contribution is 0.0702. The van der Waals surface area contributed by atoms with Gasteiger partial charge in [-0.05, 0) is 56.8 Å². The van der Waals surface area contributed by atoms with E-state index in [1.807, 2.05) is 0 Å². The molecule has 3 heteroatoms. The molecule has 1 saturated heterocycles. The van der Waals surface area contributed by atoms with Gasteiger partial charge in [0.2, 0.25) is 0 Å². The van der Waals surface area contributed by atoms with Gasteiger partial charge in [0.1, 0.15) is 0 Å². The third-order valence-corrected chi connectivity index (χ3v) is 6.29. The first kappa shape index (κ1) is 16.6. The molecule has 0 N–H and O–H groups in total. The fraction of sp³-hybridized carbons (Fsp3) is 0.500. The van der Waals surface area contributed by atoms with E-state index in [9.17, 15) is 4.79 Å². The smallest absolute Gasteiger partial charge is 0.169 e. The number of carbonyl (C=O) groups is 1. The first-order valence-electron chi connectivity index (χ1n) is 9.57. The lowest BCUT2D eigenvalue weighted by Gasteiger charge is -2.39. The normalized spacial score (nSPS) is 23.4. The predicted molar refractivity (Wildman–Crippen MR) is 101 cm³/mol. The van der Waals surface area contributed by atoms with Crippen LogP contribution in [0.15, 0.2) is 30.3 Å². The molecule has 4 rings (SSSR count). The van der Waals surface area contributed by atoms with E-state index in [4.69, 9.17) is 0 Å². The van der Waals surface area contributed by atoms with E-state index in [0.29, 0.717) is 11.7 Å². The standard InChI is InChI=1S/C22H28N2O/c1-4-18-15(2)24(13-16-8-6-5-7-9-16)20-12-17-10-11-23(3)14-19(17)22(25)21(18)20/h5-9,17,19H,4,10-14H2,1-3H3. The Bertz CT molecular complexity index is 790. The van der Waals surface area contributed by atoms with E-state index in [1.54, 1.807) is 0 Å². The average molecular weight is 336 g/mol. The Hall–Kier alpha value is -1.87. The molecule has 25 heavy (non-hydrogen) atoms. The van der Waals surface area contributed by atoms with Crippen LogP contribution in [0.1, 0.15) is 46.2 Å². The van der Waals surface area contributed by atoms with Gasteiger partial charge in [0.15, 0.2) is 5.78 Å². The summed E-state index contributed by atoms with van der Waals surface area (Å²) in [6.07, 6.45) is 3.14. The molecule has 0 spiro atoms. The molecule has 0 bridgehead atoms. The minimum absolute atomic E-state index is 0.198. The number of aromatic nitrogens is 1. The average Bonchev–Trinajstić information content (AvgIpc) is 2.89. The number of piperidine rings is 1. The zero-order valence-corrected chi connectivity index (χ0v) is 15.6. The lowest BCUT2D eigenvalue weighted by Crippen LogP contribution is -2.45. The Labute approximate surface area is 150 Å². The maximum Gasteiger partial charge on any atom is 0.169 e. The van der Waals surface area contributed by atoms with Crippen LogP contribution in [0, 0.1) is 18.8 Å². The van der Waals surface area contributed by atoms with Gasteiger partial charge >= 0.3 is 0 Å². The number of ketones is 1. The Morgan fingerprint density at radius 3 is 2.68 bits per heavy atom. The number of hydrogen-bond acceptors (Lipinski definition) is 2. The molecule has 1 aliphatic carbocycles. The highest BCUT2D eigenvalue weighted by Crippen LogP contribution is 2.39. The summed E-state index contributed by atoms with van der Waals surface area (Å²) in [4.78, 5) is 15.7. The summed E-state index contributed by atoms with van der Waals surface area (Å²) in [5, 5.41) is 0. The number of Topliss-reactive ketones (excluding diaryl/α,β-unsaturated/α-hetero) is 1. The van der Waals surface area contributed by atoms with Gasteiger partial charge in [-0.25, -0.2) is 0 Å². The molecule has 2 atom stereocenters. The van der Waals surface area contributed by atoms with Crippen LogP contribution in [-0.4, -0.2) is 35.4 Å². The van der Waals surface area contributed by atoms with Crippen molar-refractivity contribution in [2.75, 3.05) is 20.1 Å². The zero-order valence-electron chi connectivity index (χ0n) is 15.6. The maximum atomic E-state index is 13.4. The lowest BCUT2D eigenvalue weighted by atomic mass is 9.72. The fourth-order valence-electron chi connectivity index (χ4n) is 4.91. The Balaban J connectivity index is 1.78. The second-order valence-corrected chi connectivity index (χ2v) is 7.80. The molecule has 2 aromatic rings. The van der Waals surface area contributed by atoms with Crippen LogP contribution in [0.3, 0.4) is 0 Å². The minimum atomic E-state index is 0.198. The first-order valence-corrected chi connectivity index (χ1v) is 9.57. The maximum absolute atomic E-state index is 13.4. The van der Waals surface area contributed by atoms with E-state index in [-0.39, 0.29) is 5.92 Å². The Morgan fingerprint density at radius 2 is 1.96 bits per heavy atom. The molecule has 0 amide bonds. The SMILES string of the molecule is CCc1c2c(n(Cc3ccccc3)c1C)CC1CCN(C)CC1C2=O. The van der Waals surface area contributed by atoms with Crippen LogP contribution in [0.4, 0.5) is 0 Å². The molecular formula is C22H28N2O. The van der Waals surface area contributed by atoms with Crippen molar-refractivity contribution >= 4 is 5.78 Å². The minimum Gasteiger partial charge on any atom is -0.343 e. The van der Waals surface area contributed by atoms with Crippen LogP contribution in [-0.2, 0) is 19.4 Å². The van der Waals surface area contributed by atoms with Gasteiger partial charge in [-0.2, -0.15) is 0 Å². The van der Waals surface area contributed by atoms with Gasteiger partial charge < -0.3 is 9.47 Å². The molecule has 0 saturated carbocycles. The summed E-state index contributed by atoms with van der Waals surface area (Å²) >= 11 is 0. The molecule has 1 fully saturated rings. The summed E-state index contributed by atoms with van der Waals surface area (Å²) in [5.41, 5.74) is 6.24. The summed E-state index contributed by atoms with van der Waals surface area (Å²) in [6, 6.07) is 10.6. The molecular weight excluding hydrogens is 308 g/mol. The molecule has 132 valence electrons. The molecule has 1 aromatic heterocycles. The number of likely N-dealkylation sites (tertiary alicyclic amines) is 1. The van der Waals surface area contributed by atoms with Crippen molar-refractivity contribution in [3.63, 3.8) is 0 Å². The van der Waals surface area contributed by atoms with Crippen molar-refractivity contribution in [2.45, 2.75) is 39.7 Å². The van der Waals surface area contributed by atoms with Crippen LogP contribution in [0.2, 0.25) is 0 Å². The first-order chi connectivity index (χ1) is 12.1. The topological polar surface area (TPSA) is 25.2 Å². The van der Waals surface area contributed by atoms with Crippen LogP contribution < -0.4 is 0 Å². The van der Waals surface area contributed by atoms with E-state index in [2.05, 4.69) is 60.7 Å².